The van der Waals surface area contributed by atoms with Crippen molar-refractivity contribution >= 4 is 61.0 Å². The van der Waals surface area contributed by atoms with Crippen LogP contribution in [0.2, 0.25) is 0 Å². The van der Waals surface area contributed by atoms with Crippen LogP contribution in [-0.4, -0.2) is 123 Å². The summed E-state index contributed by atoms with van der Waals surface area (Å²) >= 11 is 6.31. The van der Waals surface area contributed by atoms with Gasteiger partial charge in [-0.1, -0.05) is 15.9 Å². The summed E-state index contributed by atoms with van der Waals surface area (Å²) in [5.41, 5.74) is -11.3. The van der Waals surface area contributed by atoms with Crippen molar-refractivity contribution in [1.29, 1.82) is 0 Å². The van der Waals surface area contributed by atoms with Gasteiger partial charge in [-0.05, 0) is 47.0 Å². The van der Waals surface area contributed by atoms with E-state index in [1.54, 1.807) is 6.92 Å². The maximum atomic E-state index is 14.6. The molecule has 1 heterocycles. The normalized spacial score (nSPS) is 31.6. The van der Waals surface area contributed by atoms with E-state index in [0.29, 0.717) is 0 Å². The number of benzene rings is 2. The maximum Gasteiger partial charge on any atom is 0.339 e. The van der Waals surface area contributed by atoms with Gasteiger partial charge in [0.1, 0.15) is 41.1 Å². The van der Waals surface area contributed by atoms with Crippen LogP contribution in [0.1, 0.15) is 75.4 Å². The number of aliphatic hydroxyl groups is 3. The summed E-state index contributed by atoms with van der Waals surface area (Å²) in [5, 5.41) is 70.4. The van der Waals surface area contributed by atoms with Gasteiger partial charge >= 0.3 is 5.97 Å². The van der Waals surface area contributed by atoms with Crippen LogP contribution < -0.4 is 5.32 Å². The van der Waals surface area contributed by atoms with E-state index < -0.39 is 139 Å². The summed E-state index contributed by atoms with van der Waals surface area (Å²) in [7, 11) is 3.51. The zero-order valence-electron chi connectivity index (χ0n) is 27.4. The summed E-state index contributed by atoms with van der Waals surface area (Å²) in [6, 6.07) is 0.802. The second-order valence-electron chi connectivity index (χ2n) is 12.6. The van der Waals surface area contributed by atoms with Crippen molar-refractivity contribution in [2.75, 3.05) is 21.3 Å². The van der Waals surface area contributed by atoms with Crippen LogP contribution in [0, 0.1) is 6.92 Å². The third-order valence-electron chi connectivity index (χ3n) is 10.2. The minimum Gasteiger partial charge on any atom is -0.507 e. The van der Waals surface area contributed by atoms with Crippen LogP contribution in [0.25, 0.3) is 0 Å². The first-order valence-corrected chi connectivity index (χ1v) is 16.8. The van der Waals surface area contributed by atoms with Crippen molar-refractivity contribution in [2.45, 2.75) is 68.2 Å². The first-order chi connectivity index (χ1) is 23.9. The summed E-state index contributed by atoms with van der Waals surface area (Å²) in [6.07, 6.45) is -7.74. The van der Waals surface area contributed by atoms with Crippen molar-refractivity contribution in [3.05, 3.63) is 65.2 Å². The highest BCUT2D eigenvalue weighted by atomic mass is 79.9. The molecule has 2 aromatic rings. The van der Waals surface area contributed by atoms with E-state index in [9.17, 15) is 54.6 Å². The molecular weight excluding hydrogens is 810 g/mol. The number of methoxy groups -OCH3 is 3. The quantitative estimate of drug-likeness (QED) is 0.215. The molecule has 0 saturated carbocycles. The highest BCUT2D eigenvalue weighted by molar-refractivity contribution is 9.12. The van der Waals surface area contributed by atoms with Crippen LogP contribution in [0.15, 0.2) is 20.7 Å². The Morgan fingerprint density at radius 1 is 0.961 bits per heavy atom. The fraction of sp³-hybridized carbons (Fsp3) is 0.424. The van der Waals surface area contributed by atoms with Crippen LogP contribution in [0.5, 0.6) is 11.5 Å². The number of carboxylic acids is 1. The maximum absolute atomic E-state index is 14.6. The molecule has 1 saturated heterocycles. The monoisotopic (exact) mass is 839 g/mol. The van der Waals surface area contributed by atoms with Crippen molar-refractivity contribution in [3.8, 4) is 11.5 Å². The summed E-state index contributed by atoms with van der Waals surface area (Å²) < 4.78 is 21.6. The number of rotatable bonds is 6. The molecule has 272 valence electrons. The molecule has 0 aromatic heterocycles. The molecule has 3 aliphatic carbocycles. The number of fused-ring (bicyclic) bond motifs is 5. The minimum atomic E-state index is -3.34. The Labute approximate surface area is 305 Å². The highest BCUT2D eigenvalue weighted by Crippen LogP contribution is 2.58. The number of carbonyl (C=O) groups excluding carboxylic acids is 4. The first kappa shape index (κ1) is 37.2. The van der Waals surface area contributed by atoms with Gasteiger partial charge < -0.3 is 54.9 Å². The molecule has 7 N–H and O–H groups in total. The molecule has 3 unspecified atom stereocenters. The number of aromatic hydroxyl groups is 2. The van der Waals surface area contributed by atoms with Crippen molar-refractivity contribution in [3.63, 3.8) is 0 Å². The van der Waals surface area contributed by atoms with Gasteiger partial charge in [-0.2, -0.15) is 0 Å². The van der Waals surface area contributed by atoms with Gasteiger partial charge in [0.2, 0.25) is 23.1 Å². The molecular formula is C33H31Br2NO15. The van der Waals surface area contributed by atoms with Gasteiger partial charge in [0, 0.05) is 48.9 Å². The van der Waals surface area contributed by atoms with Gasteiger partial charge in [0.25, 0.3) is 0 Å². The van der Waals surface area contributed by atoms with Crippen LogP contribution >= 0.6 is 31.9 Å². The lowest BCUT2D eigenvalue weighted by Gasteiger charge is -2.53. The molecule has 51 heavy (non-hydrogen) atoms. The number of hydrogen-bond acceptors (Lipinski definition) is 15. The number of hydrogen-bond donors (Lipinski definition) is 7. The number of carbonyl (C=O) groups is 5. The number of phenols is 2. The molecule has 2 aromatic carbocycles. The number of aliphatic hydroxyl groups excluding tert-OH is 2. The second-order valence-corrected chi connectivity index (χ2v) is 14.2. The molecule has 1 fully saturated rings. The largest absolute Gasteiger partial charge is 0.507 e. The first-order valence-electron chi connectivity index (χ1n) is 15.3. The van der Waals surface area contributed by atoms with E-state index >= 15 is 0 Å². The Balaban J connectivity index is 1.55. The molecule has 8 atom stereocenters. The van der Waals surface area contributed by atoms with Crippen molar-refractivity contribution in [1.82, 2.24) is 5.32 Å². The smallest absolute Gasteiger partial charge is 0.339 e. The van der Waals surface area contributed by atoms with Gasteiger partial charge in [0.15, 0.2) is 17.4 Å². The summed E-state index contributed by atoms with van der Waals surface area (Å²) in [5.74, 6) is -8.76. The SMILES string of the molecule is CO[C@@H]1[C@@H](O)[C@@H](OC)[C@@H](NC2=C(Br)C(=O)c3c(cc4c(c3O)C(=O)C3(OC)C(O)Cc5c(Br)c(C)c(C(=O)O)c(O)c5C3(O)C4=O)C2=O)O[C@H]1C. The van der Waals surface area contributed by atoms with Gasteiger partial charge in [-0.25, -0.2) is 4.79 Å². The lowest BCUT2D eigenvalue weighted by atomic mass is 9.56. The number of Topliss-reactive ketones (excluding diaryl/α,β-unsaturated/α-hetero) is 4. The van der Waals surface area contributed by atoms with Crippen LogP contribution in [-0.2, 0) is 31.0 Å². The number of allylic oxidation sites excluding steroid dienone is 2. The number of ether oxygens (including phenoxy) is 4. The minimum absolute atomic E-state index is 0.00578. The third kappa shape index (κ3) is 4.64. The Bertz CT molecular complexity index is 2010. The Kier molecular flexibility index (Phi) is 9.13. The fourth-order valence-corrected chi connectivity index (χ4v) is 8.86. The van der Waals surface area contributed by atoms with Crippen LogP contribution in [0.4, 0.5) is 0 Å². The van der Waals surface area contributed by atoms with E-state index in [4.69, 9.17) is 18.9 Å². The zero-order chi connectivity index (χ0) is 37.8. The molecule has 0 bridgehead atoms. The molecule has 16 nitrogen and oxygen atoms in total. The van der Waals surface area contributed by atoms with E-state index in [1.165, 1.54) is 21.1 Å². The standard InChI is InChI=1S/C33H31Br2NO15/c1-8-14(31(45)46)23(40)17-12(18(8)34)7-13(37)33(50-5)29(44)16-11(28(43)32(17,33)47)6-10-15(22(16)39)24(41)19(35)20(21(10)38)36-30-27(49-4)25(42)26(48-3)9(2)51-30/h6,9,13,25-27,30,36-37,39-40,42,47H,7H2,1-5H3,(H,45,46)/t9-,13?,25+,26-,27+,30-,32?,33?/m0/s1. The van der Waals surface area contributed by atoms with E-state index in [0.717, 1.165) is 13.2 Å². The number of halogens is 2. The molecule has 0 spiro atoms. The molecule has 1 aliphatic heterocycles. The summed E-state index contributed by atoms with van der Waals surface area (Å²) in [6.45, 7) is 2.93. The number of phenolic OH excluding ortho intramolecular Hbond substituents is 1. The third-order valence-corrected chi connectivity index (χ3v) is 12.1. The molecule has 0 amide bonds. The lowest BCUT2D eigenvalue weighted by Crippen LogP contribution is -2.73. The number of ketones is 4. The average Bonchev–Trinajstić information content (AvgIpc) is 3.06. The van der Waals surface area contributed by atoms with Crippen molar-refractivity contribution < 1.29 is 73.6 Å². The Hall–Kier alpha value is -3.59. The lowest BCUT2D eigenvalue weighted by molar-refractivity contribution is -0.236. The predicted octanol–water partition coefficient (Wildman–Crippen LogP) is 1.15. The predicted molar refractivity (Wildman–Crippen MR) is 177 cm³/mol. The topological polar surface area (TPSA) is 256 Å². The second kappa shape index (κ2) is 12.5. The Morgan fingerprint density at radius 3 is 2.16 bits per heavy atom. The number of aromatic carboxylic acids is 1. The van der Waals surface area contributed by atoms with Gasteiger partial charge in [0.05, 0.1) is 27.8 Å². The van der Waals surface area contributed by atoms with Gasteiger partial charge in [-0.3, -0.25) is 19.2 Å². The fourth-order valence-electron chi connectivity index (χ4n) is 7.81. The van der Waals surface area contributed by atoms with Crippen LogP contribution in [0.3, 0.4) is 0 Å². The van der Waals surface area contributed by atoms with E-state index in [1.807, 2.05) is 0 Å². The molecule has 18 heteroatoms. The molecule has 0 radical (unpaired) electrons. The average molecular weight is 841 g/mol. The molecule has 4 aliphatic rings. The van der Waals surface area contributed by atoms with E-state index in [-0.39, 0.29) is 15.6 Å². The van der Waals surface area contributed by atoms with E-state index in [2.05, 4.69) is 37.2 Å². The van der Waals surface area contributed by atoms with Gasteiger partial charge in [-0.15, -0.1) is 0 Å². The summed E-state index contributed by atoms with van der Waals surface area (Å²) in [4.78, 5) is 69.3. The Morgan fingerprint density at radius 2 is 1.59 bits per heavy atom. The highest BCUT2D eigenvalue weighted by Gasteiger charge is 2.73. The molecule has 6 rings (SSSR count). The number of carboxylic acid groups (broad SMARTS) is 1. The number of nitrogens with one attached hydrogen (secondary N) is 1. The van der Waals surface area contributed by atoms with Crippen molar-refractivity contribution in [2.24, 2.45) is 0 Å². The zero-order valence-corrected chi connectivity index (χ0v) is 30.5.